The Morgan fingerprint density at radius 1 is 1.00 bits per heavy atom. The summed E-state index contributed by atoms with van der Waals surface area (Å²) >= 11 is 0. The van der Waals surface area contributed by atoms with Gasteiger partial charge in [-0.2, -0.15) is 0 Å². The summed E-state index contributed by atoms with van der Waals surface area (Å²) in [6, 6.07) is 0. The summed E-state index contributed by atoms with van der Waals surface area (Å²) in [7, 11) is 0. The molecule has 0 aromatic rings. The summed E-state index contributed by atoms with van der Waals surface area (Å²) in [5, 5.41) is 0. The molecule has 0 fully saturated rings. The minimum Gasteiger partial charge on any atom is -0.387 e. The van der Waals surface area contributed by atoms with E-state index in [0.717, 1.165) is 25.4 Å². The van der Waals surface area contributed by atoms with Gasteiger partial charge in [0.05, 0.1) is 13.2 Å². The first-order valence-electron chi connectivity index (χ1n) is 3.45. The average molecular weight is 168 g/mol. The number of carbonyl (C=O) groups excluding carboxylic acids is 2. The average Bonchev–Trinajstić information content (AvgIpc) is 2.63. The van der Waals surface area contributed by atoms with Crippen molar-refractivity contribution in [2.24, 2.45) is 0 Å². The van der Waals surface area contributed by atoms with E-state index in [2.05, 4.69) is 4.74 Å². The molecule has 12 heavy (non-hydrogen) atoms. The van der Waals surface area contributed by atoms with Crippen LogP contribution in [0.25, 0.3) is 0 Å². The molecule has 0 amide bonds. The second kappa shape index (κ2) is 4.46. The van der Waals surface area contributed by atoms with Crippen molar-refractivity contribution in [1.29, 1.82) is 0 Å². The van der Waals surface area contributed by atoms with E-state index < -0.39 is 11.9 Å². The Morgan fingerprint density at radius 2 is 1.50 bits per heavy atom. The fourth-order valence-corrected chi connectivity index (χ4v) is 0.643. The Morgan fingerprint density at radius 3 is 1.67 bits per heavy atom. The van der Waals surface area contributed by atoms with Crippen molar-refractivity contribution in [3.63, 3.8) is 0 Å². The molecular formula is C8H8O4. The van der Waals surface area contributed by atoms with Crippen molar-refractivity contribution < 1.29 is 19.1 Å². The SMILES string of the molecule is C1=CCOC1.O=C1C=CC(=O)O1. The number of esters is 2. The third-order valence-electron chi connectivity index (χ3n) is 1.15. The summed E-state index contributed by atoms with van der Waals surface area (Å²) in [6.45, 7) is 1.64. The quantitative estimate of drug-likeness (QED) is 0.294. The van der Waals surface area contributed by atoms with E-state index in [1.165, 1.54) is 0 Å². The van der Waals surface area contributed by atoms with Crippen LogP contribution in [0.5, 0.6) is 0 Å². The van der Waals surface area contributed by atoms with Gasteiger partial charge in [0.1, 0.15) is 0 Å². The molecule has 0 radical (unpaired) electrons. The van der Waals surface area contributed by atoms with Gasteiger partial charge in [-0.15, -0.1) is 0 Å². The van der Waals surface area contributed by atoms with Gasteiger partial charge >= 0.3 is 11.9 Å². The Hall–Kier alpha value is -1.42. The van der Waals surface area contributed by atoms with Crippen LogP contribution >= 0.6 is 0 Å². The molecule has 0 N–H and O–H groups in total. The zero-order valence-corrected chi connectivity index (χ0v) is 6.36. The molecule has 0 saturated carbocycles. The monoisotopic (exact) mass is 168 g/mol. The molecule has 0 aromatic carbocycles. The zero-order chi connectivity index (χ0) is 8.81. The molecule has 0 bridgehead atoms. The summed E-state index contributed by atoms with van der Waals surface area (Å²) in [6.07, 6.45) is 6.20. The molecule has 64 valence electrons. The van der Waals surface area contributed by atoms with Crippen LogP contribution in [0.15, 0.2) is 24.3 Å². The van der Waals surface area contributed by atoms with Crippen molar-refractivity contribution in [2.75, 3.05) is 13.2 Å². The van der Waals surface area contributed by atoms with Crippen LogP contribution in [0, 0.1) is 0 Å². The first kappa shape index (κ1) is 8.67. The van der Waals surface area contributed by atoms with Gasteiger partial charge < -0.3 is 9.47 Å². The van der Waals surface area contributed by atoms with E-state index in [1.54, 1.807) is 0 Å². The summed E-state index contributed by atoms with van der Waals surface area (Å²) < 4.78 is 8.81. The van der Waals surface area contributed by atoms with Gasteiger partial charge in [-0.3, -0.25) is 0 Å². The van der Waals surface area contributed by atoms with Crippen molar-refractivity contribution in [3.05, 3.63) is 24.3 Å². The summed E-state index contributed by atoms with van der Waals surface area (Å²) in [4.78, 5) is 19.8. The molecule has 2 heterocycles. The number of hydrogen-bond acceptors (Lipinski definition) is 4. The van der Waals surface area contributed by atoms with Crippen molar-refractivity contribution in [3.8, 4) is 0 Å². The Kier molecular flexibility index (Phi) is 3.22. The maximum Gasteiger partial charge on any atom is 0.338 e. The molecule has 0 aromatic heterocycles. The number of ether oxygens (including phenoxy) is 2. The fourth-order valence-electron chi connectivity index (χ4n) is 0.643. The molecule has 0 unspecified atom stereocenters. The van der Waals surface area contributed by atoms with E-state index in [4.69, 9.17) is 4.74 Å². The topological polar surface area (TPSA) is 52.6 Å². The van der Waals surface area contributed by atoms with Crippen molar-refractivity contribution in [1.82, 2.24) is 0 Å². The molecule has 0 saturated heterocycles. The molecule has 4 nitrogen and oxygen atoms in total. The second-order valence-corrected chi connectivity index (χ2v) is 2.08. The first-order valence-corrected chi connectivity index (χ1v) is 3.45. The van der Waals surface area contributed by atoms with Gasteiger partial charge in [0.15, 0.2) is 0 Å². The smallest absolute Gasteiger partial charge is 0.338 e. The number of cyclic esters (lactones) is 2. The Labute approximate surface area is 69.5 Å². The molecule has 2 aliphatic heterocycles. The highest BCUT2D eigenvalue weighted by atomic mass is 16.6. The van der Waals surface area contributed by atoms with E-state index in [1.807, 2.05) is 12.2 Å². The molecule has 4 heteroatoms. The third kappa shape index (κ3) is 3.12. The second-order valence-electron chi connectivity index (χ2n) is 2.08. The lowest BCUT2D eigenvalue weighted by Crippen LogP contribution is -1.96. The maximum absolute atomic E-state index is 9.92. The van der Waals surface area contributed by atoms with Gasteiger partial charge in [-0.05, 0) is 0 Å². The predicted molar refractivity (Wildman–Crippen MR) is 40.2 cm³/mol. The van der Waals surface area contributed by atoms with Crippen LogP contribution in [-0.4, -0.2) is 25.2 Å². The standard InChI is InChI=1S/C4H2O3.C4H6O/c5-3-1-2-4(6)7-3;1-2-4-5-3-1/h1-2H;1-2H,3-4H2. The minimum absolute atomic E-state index is 0.579. The van der Waals surface area contributed by atoms with Crippen LogP contribution < -0.4 is 0 Å². The fraction of sp³-hybridized carbons (Fsp3) is 0.250. The highest BCUT2D eigenvalue weighted by Crippen LogP contribution is 1.92. The van der Waals surface area contributed by atoms with Gasteiger partial charge in [0, 0.05) is 12.2 Å². The van der Waals surface area contributed by atoms with E-state index >= 15 is 0 Å². The molecule has 0 aliphatic carbocycles. The molecular weight excluding hydrogens is 160 g/mol. The summed E-state index contributed by atoms with van der Waals surface area (Å²) in [5.74, 6) is -1.16. The largest absolute Gasteiger partial charge is 0.387 e. The lowest BCUT2D eigenvalue weighted by molar-refractivity contribution is -0.150. The lowest BCUT2D eigenvalue weighted by Gasteiger charge is -1.80. The highest BCUT2D eigenvalue weighted by molar-refractivity contribution is 6.04. The van der Waals surface area contributed by atoms with Gasteiger partial charge in [0.2, 0.25) is 0 Å². The van der Waals surface area contributed by atoms with E-state index in [0.29, 0.717) is 0 Å². The van der Waals surface area contributed by atoms with Crippen molar-refractivity contribution >= 4 is 11.9 Å². The Balaban J connectivity index is 0.000000127. The Bertz CT molecular complexity index is 217. The van der Waals surface area contributed by atoms with Crippen LogP contribution in [0.1, 0.15) is 0 Å². The third-order valence-corrected chi connectivity index (χ3v) is 1.15. The molecule has 2 aliphatic rings. The normalized spacial score (nSPS) is 19.0. The number of rotatable bonds is 0. The van der Waals surface area contributed by atoms with Gasteiger partial charge in [0.25, 0.3) is 0 Å². The summed E-state index contributed by atoms with van der Waals surface area (Å²) in [5.41, 5.74) is 0. The maximum atomic E-state index is 9.92. The minimum atomic E-state index is -0.579. The van der Waals surface area contributed by atoms with Crippen LogP contribution in [-0.2, 0) is 19.1 Å². The van der Waals surface area contributed by atoms with Gasteiger partial charge in [-0.25, -0.2) is 9.59 Å². The zero-order valence-electron chi connectivity index (χ0n) is 6.36. The first-order chi connectivity index (χ1) is 5.79. The van der Waals surface area contributed by atoms with Crippen LogP contribution in [0.2, 0.25) is 0 Å². The van der Waals surface area contributed by atoms with E-state index in [-0.39, 0.29) is 0 Å². The lowest BCUT2D eigenvalue weighted by atomic mass is 10.6. The molecule has 2 rings (SSSR count). The van der Waals surface area contributed by atoms with Crippen LogP contribution in [0.4, 0.5) is 0 Å². The van der Waals surface area contributed by atoms with E-state index in [9.17, 15) is 9.59 Å². The predicted octanol–water partition coefficient (Wildman–Crippen LogP) is 0.199. The number of hydrogen-bond donors (Lipinski definition) is 0. The van der Waals surface area contributed by atoms with Gasteiger partial charge in [-0.1, -0.05) is 12.2 Å². The highest BCUT2D eigenvalue weighted by Gasteiger charge is 2.10. The number of carbonyl (C=O) groups is 2. The van der Waals surface area contributed by atoms with Crippen molar-refractivity contribution in [2.45, 2.75) is 0 Å². The van der Waals surface area contributed by atoms with Crippen LogP contribution in [0.3, 0.4) is 0 Å². The molecule has 0 atom stereocenters. The molecule has 0 spiro atoms.